The van der Waals surface area contributed by atoms with Gasteiger partial charge in [0.25, 0.3) is 0 Å². The maximum absolute atomic E-state index is 13.7. The zero-order valence-electron chi connectivity index (χ0n) is 21.2. The monoisotopic (exact) mass is 508 g/mol. The van der Waals surface area contributed by atoms with E-state index in [1.54, 1.807) is 54.6 Å². The summed E-state index contributed by atoms with van der Waals surface area (Å²) in [6.45, 7) is 1.98. The van der Waals surface area contributed by atoms with Crippen LogP contribution in [0.3, 0.4) is 0 Å². The predicted octanol–water partition coefficient (Wildman–Crippen LogP) is 7.49. The summed E-state index contributed by atoms with van der Waals surface area (Å²) in [5.74, 6) is -0.487. The Hall–Kier alpha value is -5.29. The van der Waals surface area contributed by atoms with Gasteiger partial charge in [0, 0.05) is 33.6 Å². The lowest BCUT2D eigenvalue weighted by Crippen LogP contribution is -2.23. The van der Waals surface area contributed by atoms with E-state index in [0.717, 1.165) is 11.3 Å². The minimum absolute atomic E-state index is 0.0624. The average molecular weight is 509 g/mol. The lowest BCUT2D eigenvalue weighted by Gasteiger charge is -2.24. The van der Waals surface area contributed by atoms with Crippen molar-refractivity contribution < 1.29 is 14.4 Å². The smallest absolute Gasteiger partial charge is 0.196 e. The second-order valence-corrected chi connectivity index (χ2v) is 9.50. The van der Waals surface area contributed by atoms with E-state index in [2.05, 4.69) is 10.6 Å². The van der Waals surface area contributed by atoms with Crippen LogP contribution in [-0.4, -0.2) is 17.3 Å². The number of rotatable bonds is 6. The van der Waals surface area contributed by atoms with Crippen molar-refractivity contribution in [1.29, 1.82) is 0 Å². The summed E-state index contributed by atoms with van der Waals surface area (Å²) in [5, 5.41) is 6.61. The third-order valence-electron chi connectivity index (χ3n) is 6.87. The van der Waals surface area contributed by atoms with Gasteiger partial charge in [-0.25, -0.2) is 0 Å². The first-order chi connectivity index (χ1) is 19.0. The zero-order chi connectivity index (χ0) is 26.9. The molecule has 0 heterocycles. The molecule has 0 saturated carbocycles. The van der Waals surface area contributed by atoms with Gasteiger partial charge >= 0.3 is 0 Å². The standard InChI is InChI=1S/C34H24N2O3/c1-21-11-13-22(14-12-21)32(37)23-15-17-25(18-16-23)36-29-20-19-28(35-24-7-3-2-4-8-24)30-31(29)34(39)27-10-6-5-9-26(27)33(30)38/h2-20,35-36H,1H3. The summed E-state index contributed by atoms with van der Waals surface area (Å²) in [6.07, 6.45) is 0. The molecule has 5 aromatic carbocycles. The highest BCUT2D eigenvalue weighted by Gasteiger charge is 2.34. The van der Waals surface area contributed by atoms with E-state index in [-0.39, 0.29) is 17.3 Å². The van der Waals surface area contributed by atoms with E-state index < -0.39 is 0 Å². The van der Waals surface area contributed by atoms with Crippen LogP contribution in [0.1, 0.15) is 53.3 Å². The highest BCUT2D eigenvalue weighted by molar-refractivity contribution is 6.32. The van der Waals surface area contributed by atoms with Gasteiger partial charge in [-0.15, -0.1) is 0 Å². The quantitative estimate of drug-likeness (QED) is 0.228. The molecule has 0 bridgehead atoms. The zero-order valence-corrected chi connectivity index (χ0v) is 21.2. The second-order valence-electron chi connectivity index (χ2n) is 9.50. The molecule has 0 spiro atoms. The summed E-state index contributed by atoms with van der Waals surface area (Å²) in [6, 6.07) is 34.6. The molecule has 0 atom stereocenters. The third-order valence-corrected chi connectivity index (χ3v) is 6.87. The molecule has 6 rings (SSSR count). The van der Waals surface area contributed by atoms with Gasteiger partial charge < -0.3 is 10.6 Å². The summed E-state index contributed by atoms with van der Waals surface area (Å²) in [7, 11) is 0. The molecule has 188 valence electrons. The Morgan fingerprint density at radius 1 is 0.513 bits per heavy atom. The van der Waals surface area contributed by atoms with Crippen LogP contribution in [-0.2, 0) is 0 Å². The van der Waals surface area contributed by atoms with E-state index in [0.29, 0.717) is 50.4 Å². The van der Waals surface area contributed by atoms with Crippen molar-refractivity contribution in [3.63, 3.8) is 0 Å². The van der Waals surface area contributed by atoms with Crippen LogP contribution in [0.2, 0.25) is 0 Å². The number of aryl methyl sites for hydroxylation is 1. The molecule has 1 aliphatic carbocycles. The summed E-state index contributed by atoms with van der Waals surface area (Å²) in [4.78, 5) is 40.3. The summed E-state index contributed by atoms with van der Waals surface area (Å²) < 4.78 is 0. The number of anilines is 4. The van der Waals surface area contributed by atoms with Gasteiger partial charge in [-0.3, -0.25) is 14.4 Å². The van der Waals surface area contributed by atoms with Gasteiger partial charge in [0.05, 0.1) is 22.5 Å². The number of nitrogens with one attached hydrogen (secondary N) is 2. The fourth-order valence-electron chi connectivity index (χ4n) is 4.84. The average Bonchev–Trinajstić information content (AvgIpc) is 2.97. The molecule has 1 aliphatic rings. The summed E-state index contributed by atoms with van der Waals surface area (Å²) in [5.41, 5.74) is 6.30. The molecule has 0 radical (unpaired) electrons. The van der Waals surface area contributed by atoms with Gasteiger partial charge in [-0.05, 0) is 55.5 Å². The van der Waals surface area contributed by atoms with Gasteiger partial charge in [0.15, 0.2) is 17.3 Å². The van der Waals surface area contributed by atoms with Crippen molar-refractivity contribution in [3.05, 3.63) is 154 Å². The normalized spacial score (nSPS) is 11.9. The molecule has 0 fully saturated rings. The summed E-state index contributed by atoms with van der Waals surface area (Å²) >= 11 is 0. The minimum atomic E-state index is -0.217. The molecule has 0 saturated heterocycles. The molecular formula is C34H24N2O3. The maximum atomic E-state index is 13.7. The van der Waals surface area contributed by atoms with Crippen LogP contribution in [0.15, 0.2) is 115 Å². The number of fused-ring (bicyclic) bond motifs is 2. The first-order valence-electron chi connectivity index (χ1n) is 12.7. The molecule has 0 unspecified atom stereocenters. The Balaban J connectivity index is 1.37. The van der Waals surface area contributed by atoms with Crippen LogP contribution < -0.4 is 10.6 Å². The maximum Gasteiger partial charge on any atom is 0.196 e. The molecule has 2 N–H and O–H groups in total. The fraction of sp³-hybridized carbons (Fsp3) is 0.0294. The highest BCUT2D eigenvalue weighted by atomic mass is 16.1. The molecule has 0 aromatic heterocycles. The SMILES string of the molecule is Cc1ccc(C(=O)c2ccc(Nc3ccc(Nc4ccccc4)c4c3C(=O)c3ccccc3C4=O)cc2)cc1. The number of para-hydroxylation sites is 1. The second kappa shape index (κ2) is 9.88. The van der Waals surface area contributed by atoms with E-state index >= 15 is 0 Å². The number of carbonyl (C=O) groups is 3. The van der Waals surface area contributed by atoms with Gasteiger partial charge in [0.1, 0.15) is 0 Å². The molecule has 0 aliphatic heterocycles. The predicted molar refractivity (Wildman–Crippen MR) is 154 cm³/mol. The van der Waals surface area contributed by atoms with E-state index in [4.69, 9.17) is 0 Å². The molecule has 0 amide bonds. The van der Waals surface area contributed by atoms with Crippen LogP contribution in [0.4, 0.5) is 22.7 Å². The number of hydrogen-bond acceptors (Lipinski definition) is 5. The Labute approximate surface area is 226 Å². The Morgan fingerprint density at radius 2 is 0.949 bits per heavy atom. The van der Waals surface area contributed by atoms with Gasteiger partial charge in [0.2, 0.25) is 0 Å². The molecule has 5 aromatic rings. The van der Waals surface area contributed by atoms with Crippen LogP contribution in [0, 0.1) is 6.92 Å². The van der Waals surface area contributed by atoms with Crippen LogP contribution in [0.5, 0.6) is 0 Å². The van der Waals surface area contributed by atoms with Crippen molar-refractivity contribution in [2.75, 3.05) is 10.6 Å². The van der Waals surface area contributed by atoms with Crippen molar-refractivity contribution in [2.45, 2.75) is 6.92 Å². The largest absolute Gasteiger partial charge is 0.355 e. The molecule has 5 heteroatoms. The first-order valence-corrected chi connectivity index (χ1v) is 12.7. The van der Waals surface area contributed by atoms with Crippen LogP contribution in [0.25, 0.3) is 0 Å². The van der Waals surface area contributed by atoms with Gasteiger partial charge in [-0.1, -0.05) is 72.3 Å². The van der Waals surface area contributed by atoms with Crippen molar-refractivity contribution in [2.24, 2.45) is 0 Å². The molecule has 5 nitrogen and oxygen atoms in total. The molecular weight excluding hydrogens is 484 g/mol. The fourth-order valence-corrected chi connectivity index (χ4v) is 4.84. The van der Waals surface area contributed by atoms with Crippen molar-refractivity contribution in [3.8, 4) is 0 Å². The van der Waals surface area contributed by atoms with Crippen molar-refractivity contribution in [1.82, 2.24) is 0 Å². The first kappa shape index (κ1) is 24.1. The highest BCUT2D eigenvalue weighted by Crippen LogP contribution is 2.38. The van der Waals surface area contributed by atoms with Crippen molar-refractivity contribution >= 4 is 40.1 Å². The van der Waals surface area contributed by atoms with E-state index in [1.165, 1.54) is 0 Å². The number of carbonyl (C=O) groups excluding carboxylic acids is 3. The van der Waals surface area contributed by atoms with E-state index in [9.17, 15) is 14.4 Å². The Bertz CT molecular complexity index is 1740. The lowest BCUT2D eigenvalue weighted by atomic mass is 9.82. The lowest BCUT2D eigenvalue weighted by molar-refractivity contribution is 0.0980. The van der Waals surface area contributed by atoms with E-state index in [1.807, 2.05) is 67.6 Å². The number of hydrogen-bond donors (Lipinski definition) is 2. The Kier molecular flexibility index (Phi) is 6.10. The minimum Gasteiger partial charge on any atom is -0.355 e. The third kappa shape index (κ3) is 4.51. The topological polar surface area (TPSA) is 75.3 Å². The van der Waals surface area contributed by atoms with Crippen LogP contribution >= 0.6 is 0 Å². The number of ketones is 3. The molecule has 39 heavy (non-hydrogen) atoms. The van der Waals surface area contributed by atoms with Gasteiger partial charge in [-0.2, -0.15) is 0 Å². The Morgan fingerprint density at radius 3 is 1.46 bits per heavy atom. The number of benzene rings is 5.